The molecule has 4 heteroatoms. The van der Waals surface area contributed by atoms with E-state index in [1.165, 1.54) is 6.07 Å². The number of fused-ring (bicyclic) bond motifs is 1. The summed E-state index contributed by atoms with van der Waals surface area (Å²) in [6.07, 6.45) is 0. The average Bonchev–Trinajstić information content (AvgIpc) is 2.36. The summed E-state index contributed by atoms with van der Waals surface area (Å²) >= 11 is 3.43. The van der Waals surface area contributed by atoms with Gasteiger partial charge >= 0.3 is 0 Å². The summed E-state index contributed by atoms with van der Waals surface area (Å²) in [6, 6.07) is 3.20. The summed E-state index contributed by atoms with van der Waals surface area (Å²) in [5.41, 5.74) is 0.696. The molecule has 0 spiro atoms. The molecule has 2 atom stereocenters. The molecule has 0 bridgehead atoms. The van der Waals surface area contributed by atoms with Gasteiger partial charge in [0.15, 0.2) is 11.5 Å². The highest BCUT2D eigenvalue weighted by atomic mass is 79.9. The number of ether oxygens (including phenoxy) is 2. The first-order valence-corrected chi connectivity index (χ1v) is 6.90. The van der Waals surface area contributed by atoms with E-state index in [2.05, 4.69) is 22.9 Å². The van der Waals surface area contributed by atoms with E-state index in [1.807, 2.05) is 6.92 Å². The zero-order valence-corrected chi connectivity index (χ0v) is 11.6. The Morgan fingerprint density at radius 2 is 1.82 bits per heavy atom. The molecule has 1 aliphatic heterocycles. The Hall–Kier alpha value is -0.770. The predicted octanol–water partition coefficient (Wildman–Crippen LogP) is 3.73. The Bertz CT molecular complexity index is 409. The van der Waals surface area contributed by atoms with E-state index < -0.39 is 0 Å². The summed E-state index contributed by atoms with van der Waals surface area (Å²) in [6.45, 7) is 5.13. The van der Waals surface area contributed by atoms with E-state index >= 15 is 0 Å². The third-order valence-corrected chi connectivity index (χ3v) is 4.27. The molecule has 0 saturated heterocycles. The number of hydrogen-bond acceptors (Lipinski definition) is 2. The quantitative estimate of drug-likeness (QED) is 0.792. The van der Waals surface area contributed by atoms with Crippen LogP contribution in [0.2, 0.25) is 0 Å². The molecule has 1 aliphatic rings. The maximum atomic E-state index is 14.0. The van der Waals surface area contributed by atoms with Crippen molar-refractivity contribution in [2.24, 2.45) is 5.92 Å². The summed E-state index contributed by atoms with van der Waals surface area (Å²) in [5, 5.41) is 0.849. The Morgan fingerprint density at radius 1 is 1.24 bits per heavy atom. The Balaban J connectivity index is 2.34. The first-order valence-electron chi connectivity index (χ1n) is 5.78. The minimum Gasteiger partial charge on any atom is -0.486 e. The minimum absolute atomic E-state index is 0.144. The summed E-state index contributed by atoms with van der Waals surface area (Å²) in [7, 11) is 0. The van der Waals surface area contributed by atoms with Gasteiger partial charge in [0, 0.05) is 11.4 Å². The molecule has 0 N–H and O–H groups in total. The van der Waals surface area contributed by atoms with Gasteiger partial charge in [0.25, 0.3) is 0 Å². The summed E-state index contributed by atoms with van der Waals surface area (Å²) < 4.78 is 24.8. The Morgan fingerprint density at radius 3 is 2.41 bits per heavy atom. The van der Waals surface area contributed by atoms with Crippen molar-refractivity contribution in [1.29, 1.82) is 0 Å². The smallest absolute Gasteiger partial charge is 0.164 e. The van der Waals surface area contributed by atoms with Crippen LogP contribution in [0.5, 0.6) is 11.5 Å². The Kier molecular flexibility index (Phi) is 3.92. The first-order chi connectivity index (χ1) is 8.13. The SMILES string of the molecule is CC(CBr)C(C)c1cc2c(cc1F)OCCO2. The van der Waals surface area contributed by atoms with Gasteiger partial charge in [0.2, 0.25) is 0 Å². The molecule has 17 heavy (non-hydrogen) atoms. The molecule has 94 valence electrons. The topological polar surface area (TPSA) is 18.5 Å². The van der Waals surface area contributed by atoms with Gasteiger partial charge in [-0.2, -0.15) is 0 Å². The van der Waals surface area contributed by atoms with Crippen LogP contribution < -0.4 is 9.47 Å². The van der Waals surface area contributed by atoms with Crippen molar-refractivity contribution in [2.45, 2.75) is 19.8 Å². The van der Waals surface area contributed by atoms with Crippen molar-refractivity contribution in [3.05, 3.63) is 23.5 Å². The van der Waals surface area contributed by atoms with Crippen LogP contribution in [0.25, 0.3) is 0 Å². The second kappa shape index (κ2) is 5.25. The molecule has 0 aromatic heterocycles. The lowest BCUT2D eigenvalue weighted by atomic mass is 9.89. The standard InChI is InChI=1S/C13H16BrFO2/c1-8(7-14)9(2)10-5-12-13(6-11(10)15)17-4-3-16-12/h5-6,8-9H,3-4,7H2,1-2H3. The third kappa shape index (κ3) is 2.57. The highest BCUT2D eigenvalue weighted by Gasteiger charge is 2.21. The molecule has 0 aliphatic carbocycles. The summed E-state index contributed by atoms with van der Waals surface area (Å²) in [5.74, 6) is 1.46. The highest BCUT2D eigenvalue weighted by Crippen LogP contribution is 2.37. The van der Waals surface area contributed by atoms with E-state index in [-0.39, 0.29) is 11.7 Å². The Labute approximate surface area is 109 Å². The maximum Gasteiger partial charge on any atom is 0.164 e. The van der Waals surface area contributed by atoms with Gasteiger partial charge in [-0.15, -0.1) is 0 Å². The van der Waals surface area contributed by atoms with E-state index in [0.29, 0.717) is 36.2 Å². The van der Waals surface area contributed by atoms with Gasteiger partial charge < -0.3 is 9.47 Å². The number of alkyl halides is 1. The fourth-order valence-corrected chi connectivity index (χ4v) is 2.43. The normalized spacial score (nSPS) is 17.6. The van der Waals surface area contributed by atoms with Crippen LogP contribution in [-0.4, -0.2) is 18.5 Å². The van der Waals surface area contributed by atoms with E-state index in [4.69, 9.17) is 9.47 Å². The zero-order valence-electron chi connectivity index (χ0n) is 10.0. The molecule has 0 radical (unpaired) electrons. The molecule has 1 aromatic carbocycles. The third-order valence-electron chi connectivity index (χ3n) is 3.25. The first kappa shape index (κ1) is 12.7. The fraction of sp³-hybridized carbons (Fsp3) is 0.538. The van der Waals surface area contributed by atoms with Crippen LogP contribution in [0.4, 0.5) is 4.39 Å². The van der Waals surface area contributed by atoms with E-state index in [9.17, 15) is 4.39 Å². The number of benzene rings is 1. The highest BCUT2D eigenvalue weighted by molar-refractivity contribution is 9.09. The average molecular weight is 303 g/mol. The molecule has 2 nitrogen and oxygen atoms in total. The number of rotatable bonds is 3. The molecule has 1 aromatic rings. The van der Waals surface area contributed by atoms with Gasteiger partial charge in [-0.25, -0.2) is 4.39 Å². The predicted molar refractivity (Wildman–Crippen MR) is 68.8 cm³/mol. The van der Waals surface area contributed by atoms with Crippen molar-refractivity contribution in [3.63, 3.8) is 0 Å². The van der Waals surface area contributed by atoms with Crippen molar-refractivity contribution in [3.8, 4) is 11.5 Å². The monoisotopic (exact) mass is 302 g/mol. The molecule has 1 heterocycles. The molecular weight excluding hydrogens is 287 g/mol. The molecular formula is C13H16BrFO2. The van der Waals surface area contributed by atoms with Gasteiger partial charge in [-0.3, -0.25) is 0 Å². The molecule has 0 amide bonds. The number of halogens is 2. The zero-order chi connectivity index (χ0) is 12.4. The second-order valence-corrected chi connectivity index (χ2v) is 5.09. The number of hydrogen-bond donors (Lipinski definition) is 0. The molecule has 2 rings (SSSR count). The van der Waals surface area contributed by atoms with Gasteiger partial charge in [-0.05, 0) is 23.5 Å². The van der Waals surface area contributed by atoms with Crippen molar-refractivity contribution >= 4 is 15.9 Å². The van der Waals surface area contributed by atoms with Crippen LogP contribution in [0, 0.1) is 11.7 Å². The van der Waals surface area contributed by atoms with E-state index in [1.54, 1.807) is 6.07 Å². The molecule has 2 unspecified atom stereocenters. The minimum atomic E-state index is -0.213. The van der Waals surface area contributed by atoms with Crippen LogP contribution >= 0.6 is 15.9 Å². The lowest BCUT2D eigenvalue weighted by molar-refractivity contribution is 0.170. The second-order valence-electron chi connectivity index (χ2n) is 4.44. The van der Waals surface area contributed by atoms with E-state index in [0.717, 1.165) is 5.33 Å². The van der Waals surface area contributed by atoms with Crippen molar-refractivity contribution < 1.29 is 13.9 Å². The molecule has 0 saturated carbocycles. The van der Waals surface area contributed by atoms with Crippen LogP contribution in [-0.2, 0) is 0 Å². The van der Waals surface area contributed by atoms with Gasteiger partial charge in [-0.1, -0.05) is 29.8 Å². The van der Waals surface area contributed by atoms with Crippen LogP contribution in [0.15, 0.2) is 12.1 Å². The van der Waals surface area contributed by atoms with Gasteiger partial charge in [0.1, 0.15) is 19.0 Å². The van der Waals surface area contributed by atoms with Crippen LogP contribution in [0.3, 0.4) is 0 Å². The van der Waals surface area contributed by atoms with Gasteiger partial charge in [0.05, 0.1) is 0 Å². The lowest BCUT2D eigenvalue weighted by Gasteiger charge is -2.23. The summed E-state index contributed by atoms with van der Waals surface area (Å²) in [4.78, 5) is 0. The largest absolute Gasteiger partial charge is 0.486 e. The molecule has 0 fully saturated rings. The van der Waals surface area contributed by atoms with Crippen LogP contribution in [0.1, 0.15) is 25.3 Å². The lowest BCUT2D eigenvalue weighted by Crippen LogP contribution is -2.17. The maximum absolute atomic E-state index is 14.0. The fourth-order valence-electron chi connectivity index (χ4n) is 1.87. The van der Waals surface area contributed by atoms with Crippen molar-refractivity contribution in [1.82, 2.24) is 0 Å². The van der Waals surface area contributed by atoms with Crippen molar-refractivity contribution in [2.75, 3.05) is 18.5 Å².